The highest BCUT2D eigenvalue weighted by Gasteiger charge is 2.31. The van der Waals surface area contributed by atoms with Gasteiger partial charge in [-0.1, -0.05) is 104 Å². The molecular weight excluding hydrogens is 669 g/mol. The Kier molecular flexibility index (Phi) is 24.2. The molecule has 5 atom stereocenters. The number of nitrogens with zero attached hydrogens (tertiary/aromatic N) is 2. The summed E-state index contributed by atoms with van der Waals surface area (Å²) in [6.07, 6.45) is 23.2. The first-order valence-electron chi connectivity index (χ1n) is 21.6. The van der Waals surface area contributed by atoms with Crippen LogP contribution in [0.1, 0.15) is 167 Å². The fourth-order valence-corrected chi connectivity index (χ4v) is 7.56. The fourth-order valence-electron chi connectivity index (χ4n) is 7.56. The van der Waals surface area contributed by atoms with E-state index in [4.69, 9.17) is 5.73 Å². The van der Waals surface area contributed by atoms with E-state index in [9.17, 15) is 4.79 Å². The maximum absolute atomic E-state index is 12.4. The number of carbonyl (C=O) groups excluding carboxylic acids is 1. The Labute approximate surface area is 330 Å². The monoisotopic (exact) mass is 749 g/mol. The molecule has 1 aromatic rings. The van der Waals surface area contributed by atoms with E-state index in [1.54, 1.807) is 7.05 Å². The molecule has 5 unspecified atom stereocenters. The van der Waals surface area contributed by atoms with Gasteiger partial charge in [0.15, 0.2) is 0 Å². The van der Waals surface area contributed by atoms with Gasteiger partial charge in [-0.25, -0.2) is 0 Å². The summed E-state index contributed by atoms with van der Waals surface area (Å²) in [5.41, 5.74) is 11.9. The predicted molar refractivity (Wildman–Crippen MR) is 231 cm³/mol. The second kappa shape index (κ2) is 28.0. The number of rotatable bonds is 31. The van der Waals surface area contributed by atoms with Crippen molar-refractivity contribution in [2.75, 3.05) is 25.9 Å². The highest BCUT2D eigenvalue weighted by molar-refractivity contribution is 5.75. The predicted octanol–water partition coefficient (Wildman–Crippen LogP) is 10.1. The van der Waals surface area contributed by atoms with Crippen LogP contribution in [0.15, 0.2) is 65.0 Å². The van der Waals surface area contributed by atoms with E-state index >= 15 is 0 Å². The van der Waals surface area contributed by atoms with Crippen LogP contribution in [0.2, 0.25) is 0 Å². The summed E-state index contributed by atoms with van der Waals surface area (Å²) in [6.45, 7) is 21.0. The van der Waals surface area contributed by atoms with Gasteiger partial charge in [0.1, 0.15) is 0 Å². The van der Waals surface area contributed by atoms with Crippen molar-refractivity contribution < 1.29 is 4.79 Å². The van der Waals surface area contributed by atoms with Gasteiger partial charge in [0.25, 0.3) is 0 Å². The minimum Gasteiger partial charge on any atom is -0.398 e. The molecule has 0 bridgehead atoms. The van der Waals surface area contributed by atoms with Gasteiger partial charge in [0.2, 0.25) is 5.91 Å². The van der Waals surface area contributed by atoms with Crippen LogP contribution in [0.3, 0.4) is 0 Å². The summed E-state index contributed by atoms with van der Waals surface area (Å²) in [7, 11) is 1.75. The van der Waals surface area contributed by atoms with Crippen molar-refractivity contribution >= 4 is 11.6 Å². The number of azo groups is 1. The summed E-state index contributed by atoms with van der Waals surface area (Å²) in [4.78, 5) is 12.4. The molecule has 1 aliphatic heterocycles. The lowest BCUT2D eigenvalue weighted by molar-refractivity contribution is -0.121. The van der Waals surface area contributed by atoms with Crippen LogP contribution < -0.4 is 32.3 Å². The number of hydrogen-bond donors (Lipinski definition) is 6. The van der Waals surface area contributed by atoms with Gasteiger partial charge in [-0.05, 0) is 100 Å². The Bertz CT molecular complexity index is 1280. The number of carbonyl (C=O) groups is 1. The van der Waals surface area contributed by atoms with E-state index in [0.717, 1.165) is 93.7 Å². The van der Waals surface area contributed by atoms with Crippen molar-refractivity contribution in [2.24, 2.45) is 16.1 Å². The number of nitrogens with two attached hydrogens (primary N) is 1. The van der Waals surface area contributed by atoms with Crippen LogP contribution in [0.5, 0.6) is 0 Å². The molecule has 0 radical (unpaired) electrons. The molecule has 2 rings (SSSR count). The first-order chi connectivity index (χ1) is 26.1. The summed E-state index contributed by atoms with van der Waals surface area (Å²) in [6, 6.07) is 7.75. The van der Waals surface area contributed by atoms with Crippen molar-refractivity contribution in [1.29, 1.82) is 0 Å². The molecule has 54 heavy (non-hydrogen) atoms. The average molecular weight is 749 g/mol. The third-order valence-electron chi connectivity index (χ3n) is 10.9. The quantitative estimate of drug-likeness (QED) is 0.0255. The SMILES string of the molecule is C=C(CC(C)c1cc(CCCC(C)N/C=C(CCCCCCCCCC)\N=N/C)ccc1N)NCCCNC(=O)CCCCC(C)C1NC(=C)NC1CC. The largest absolute Gasteiger partial charge is 0.398 e. The molecule has 0 spiro atoms. The van der Waals surface area contributed by atoms with Gasteiger partial charge < -0.3 is 32.3 Å². The number of aryl methyl sites for hydroxylation is 1. The van der Waals surface area contributed by atoms with E-state index < -0.39 is 0 Å². The molecule has 1 amide bonds. The van der Waals surface area contributed by atoms with Crippen LogP contribution in [0.4, 0.5) is 5.69 Å². The van der Waals surface area contributed by atoms with E-state index in [1.165, 1.54) is 62.5 Å². The molecule has 0 aliphatic carbocycles. The number of unbranched alkanes of at least 4 members (excludes halogenated alkanes) is 8. The Hall–Kier alpha value is -3.49. The first-order valence-corrected chi connectivity index (χ1v) is 21.6. The van der Waals surface area contributed by atoms with Crippen LogP contribution >= 0.6 is 0 Å². The molecule has 306 valence electrons. The van der Waals surface area contributed by atoms with Crippen molar-refractivity contribution in [3.05, 3.63) is 65.9 Å². The lowest BCUT2D eigenvalue weighted by Crippen LogP contribution is -2.38. The van der Waals surface area contributed by atoms with E-state index in [-0.39, 0.29) is 11.8 Å². The standard InChI is InChI=1S/C45H80N8O/c1-9-11-12-13-14-15-16-17-25-40(53-47-8)33-50-36(5)23-20-24-39-27-28-42(46)41(32-39)35(4)31-37(6)48-29-21-30-49-44(54)26-19-18-22-34(3)45-43(10-2)51-38(7)52-45/h27-28,32-36,43,45,48,50-52H,6-7,9-26,29-31,46H2,1-5,8H3,(H,49,54)/b40-33-,53-47-. The van der Waals surface area contributed by atoms with E-state index in [0.29, 0.717) is 37.0 Å². The molecule has 1 heterocycles. The molecule has 9 nitrogen and oxygen atoms in total. The molecule has 1 aromatic carbocycles. The number of benzene rings is 1. The van der Waals surface area contributed by atoms with Crippen LogP contribution in [0.25, 0.3) is 0 Å². The van der Waals surface area contributed by atoms with Gasteiger partial charge in [0.05, 0.1) is 17.6 Å². The number of hydrogen-bond acceptors (Lipinski definition) is 8. The lowest BCUT2D eigenvalue weighted by atomic mass is 9.90. The zero-order valence-electron chi connectivity index (χ0n) is 35.3. The lowest BCUT2D eigenvalue weighted by Gasteiger charge is -2.24. The van der Waals surface area contributed by atoms with E-state index in [2.05, 4.69) is 109 Å². The van der Waals surface area contributed by atoms with Gasteiger partial charge in [-0.3, -0.25) is 4.79 Å². The van der Waals surface area contributed by atoms with Crippen molar-refractivity contribution in [2.45, 2.75) is 181 Å². The van der Waals surface area contributed by atoms with Crippen molar-refractivity contribution in [3.63, 3.8) is 0 Å². The molecule has 9 heteroatoms. The maximum Gasteiger partial charge on any atom is 0.219 e. The van der Waals surface area contributed by atoms with E-state index in [1.807, 2.05) is 0 Å². The van der Waals surface area contributed by atoms with Gasteiger partial charge in [-0.15, -0.1) is 0 Å². The molecule has 1 aliphatic rings. The zero-order chi connectivity index (χ0) is 39.6. The first kappa shape index (κ1) is 46.7. The van der Waals surface area contributed by atoms with Crippen LogP contribution in [0, 0.1) is 5.92 Å². The van der Waals surface area contributed by atoms with Crippen molar-refractivity contribution in [3.8, 4) is 0 Å². The zero-order valence-corrected chi connectivity index (χ0v) is 35.3. The number of anilines is 1. The third-order valence-corrected chi connectivity index (χ3v) is 10.9. The molecule has 0 saturated carbocycles. The average Bonchev–Trinajstić information content (AvgIpc) is 3.54. The highest BCUT2D eigenvalue weighted by atomic mass is 16.1. The summed E-state index contributed by atoms with van der Waals surface area (Å²) >= 11 is 0. The minimum absolute atomic E-state index is 0.145. The summed E-state index contributed by atoms with van der Waals surface area (Å²) in [5.74, 6) is 1.89. The molecule has 1 saturated heterocycles. The Morgan fingerprint density at radius 2 is 1.61 bits per heavy atom. The normalized spacial score (nSPS) is 17.5. The van der Waals surface area contributed by atoms with Crippen LogP contribution in [-0.4, -0.2) is 44.2 Å². The Morgan fingerprint density at radius 1 is 0.907 bits per heavy atom. The third kappa shape index (κ3) is 19.7. The Morgan fingerprint density at radius 3 is 2.33 bits per heavy atom. The van der Waals surface area contributed by atoms with Crippen LogP contribution in [-0.2, 0) is 11.2 Å². The molecule has 0 aromatic heterocycles. The second-order valence-electron chi connectivity index (χ2n) is 16.0. The minimum atomic E-state index is 0.145. The van der Waals surface area contributed by atoms with Crippen molar-refractivity contribution in [1.82, 2.24) is 26.6 Å². The molecule has 1 fully saturated rings. The topological polar surface area (TPSA) is 128 Å². The summed E-state index contributed by atoms with van der Waals surface area (Å²) < 4.78 is 0. The number of nitrogens with one attached hydrogen (secondary N) is 5. The number of amides is 1. The maximum atomic E-state index is 12.4. The molecule has 7 N–H and O–H groups in total. The van der Waals surface area contributed by atoms with Gasteiger partial charge in [-0.2, -0.15) is 10.2 Å². The number of nitrogen functional groups attached to an aromatic ring is 1. The fraction of sp³-hybridized carbons (Fsp3) is 0.711. The second-order valence-corrected chi connectivity index (χ2v) is 16.0. The molecular formula is C45H80N8O. The highest BCUT2D eigenvalue weighted by Crippen LogP contribution is 2.28. The smallest absolute Gasteiger partial charge is 0.219 e. The number of allylic oxidation sites excluding steroid dienone is 2. The summed E-state index contributed by atoms with van der Waals surface area (Å²) in [5, 5.41) is 25.5. The van der Waals surface area contributed by atoms with Gasteiger partial charge in [0, 0.05) is 56.2 Å². The Balaban J connectivity index is 1.61. The van der Waals surface area contributed by atoms with Gasteiger partial charge >= 0.3 is 0 Å².